The predicted octanol–water partition coefficient (Wildman–Crippen LogP) is 1.76. The van der Waals surface area contributed by atoms with Crippen molar-refractivity contribution in [2.75, 3.05) is 19.3 Å². The molecule has 0 aliphatic carbocycles. The van der Waals surface area contributed by atoms with Gasteiger partial charge in [-0.1, -0.05) is 11.6 Å². The summed E-state index contributed by atoms with van der Waals surface area (Å²) in [6, 6.07) is -0.191. The van der Waals surface area contributed by atoms with Crippen LogP contribution in [0.25, 0.3) is 0 Å². The van der Waals surface area contributed by atoms with Gasteiger partial charge in [0, 0.05) is 0 Å². The molecule has 0 aliphatic heterocycles. The lowest BCUT2D eigenvalue weighted by molar-refractivity contribution is 0.0162. The SMILES string of the molecule is CC(C)OCCOC(=O)OCCl. The smallest absolute Gasteiger partial charge is 0.432 e. The van der Waals surface area contributed by atoms with E-state index in [1.807, 2.05) is 13.8 Å². The van der Waals surface area contributed by atoms with E-state index in [2.05, 4.69) is 9.47 Å². The molecule has 0 rings (SSSR count). The fourth-order valence-electron chi connectivity index (χ4n) is 0.495. The Hall–Kier alpha value is -0.480. The summed E-state index contributed by atoms with van der Waals surface area (Å²) in [6.45, 7) is 4.36. The summed E-state index contributed by atoms with van der Waals surface area (Å²) < 4.78 is 14.0. The van der Waals surface area contributed by atoms with E-state index >= 15 is 0 Å². The summed E-state index contributed by atoms with van der Waals surface area (Å²) in [5, 5.41) is 0. The molecule has 0 radical (unpaired) electrons. The highest BCUT2D eigenvalue weighted by Crippen LogP contribution is 1.90. The van der Waals surface area contributed by atoms with Gasteiger partial charge in [0.05, 0.1) is 12.7 Å². The summed E-state index contributed by atoms with van der Waals surface area (Å²) in [4.78, 5) is 10.5. The maximum Gasteiger partial charge on any atom is 0.509 e. The summed E-state index contributed by atoms with van der Waals surface area (Å²) in [6.07, 6.45) is -0.630. The van der Waals surface area contributed by atoms with Gasteiger partial charge in [-0.2, -0.15) is 0 Å². The monoisotopic (exact) mass is 196 g/mol. The minimum atomic E-state index is -0.766. The number of alkyl halides is 1. The number of carbonyl (C=O) groups is 1. The van der Waals surface area contributed by atoms with Crippen LogP contribution in [0.4, 0.5) is 4.79 Å². The largest absolute Gasteiger partial charge is 0.509 e. The van der Waals surface area contributed by atoms with Crippen LogP contribution in [-0.4, -0.2) is 31.5 Å². The van der Waals surface area contributed by atoms with Crippen LogP contribution in [-0.2, 0) is 14.2 Å². The zero-order valence-electron chi connectivity index (χ0n) is 7.21. The van der Waals surface area contributed by atoms with Crippen molar-refractivity contribution in [1.29, 1.82) is 0 Å². The van der Waals surface area contributed by atoms with E-state index in [0.717, 1.165) is 0 Å². The molecule has 0 bridgehead atoms. The fraction of sp³-hybridized carbons (Fsp3) is 0.857. The molecule has 0 atom stereocenters. The number of hydrogen-bond donors (Lipinski definition) is 0. The Kier molecular flexibility index (Phi) is 6.90. The topological polar surface area (TPSA) is 44.8 Å². The molecule has 0 aromatic heterocycles. The van der Waals surface area contributed by atoms with Crippen molar-refractivity contribution in [3.63, 3.8) is 0 Å². The third kappa shape index (κ3) is 7.63. The van der Waals surface area contributed by atoms with E-state index in [1.165, 1.54) is 0 Å². The van der Waals surface area contributed by atoms with Crippen LogP contribution >= 0.6 is 11.6 Å². The molecule has 0 fully saturated rings. The van der Waals surface area contributed by atoms with Gasteiger partial charge in [0.25, 0.3) is 0 Å². The first-order chi connectivity index (χ1) is 5.66. The number of hydrogen-bond acceptors (Lipinski definition) is 4. The van der Waals surface area contributed by atoms with Gasteiger partial charge in [-0.25, -0.2) is 4.79 Å². The van der Waals surface area contributed by atoms with Gasteiger partial charge in [-0.3, -0.25) is 0 Å². The average molecular weight is 197 g/mol. The van der Waals surface area contributed by atoms with Crippen LogP contribution in [0.15, 0.2) is 0 Å². The van der Waals surface area contributed by atoms with Gasteiger partial charge in [0.15, 0.2) is 6.07 Å². The van der Waals surface area contributed by atoms with Gasteiger partial charge in [0.1, 0.15) is 6.61 Å². The van der Waals surface area contributed by atoms with Crippen LogP contribution in [0, 0.1) is 0 Å². The number of carbonyl (C=O) groups excluding carboxylic acids is 1. The summed E-state index contributed by atoms with van der Waals surface area (Å²) in [5.41, 5.74) is 0. The van der Waals surface area contributed by atoms with Crippen molar-refractivity contribution in [1.82, 2.24) is 0 Å². The Balaban J connectivity index is 3.14. The van der Waals surface area contributed by atoms with Gasteiger partial charge >= 0.3 is 6.16 Å². The van der Waals surface area contributed by atoms with Crippen molar-refractivity contribution < 1.29 is 19.0 Å². The van der Waals surface area contributed by atoms with Crippen molar-refractivity contribution in [2.24, 2.45) is 0 Å². The molecule has 0 aromatic rings. The molecule has 4 nitrogen and oxygen atoms in total. The Morgan fingerprint density at radius 1 is 1.33 bits per heavy atom. The Morgan fingerprint density at radius 3 is 2.50 bits per heavy atom. The molecule has 0 amide bonds. The Labute approximate surface area is 76.7 Å². The minimum absolute atomic E-state index is 0.137. The summed E-state index contributed by atoms with van der Waals surface area (Å²) in [5.74, 6) is 0. The highest BCUT2D eigenvalue weighted by Gasteiger charge is 2.01. The first-order valence-corrected chi connectivity index (χ1v) is 4.17. The second-order valence-corrected chi connectivity index (χ2v) is 2.49. The van der Waals surface area contributed by atoms with Crippen molar-refractivity contribution >= 4 is 17.8 Å². The number of halogens is 1. The molecule has 0 unspecified atom stereocenters. The van der Waals surface area contributed by atoms with Crippen LogP contribution in [0.3, 0.4) is 0 Å². The normalized spacial score (nSPS) is 10.0. The maximum atomic E-state index is 10.5. The van der Waals surface area contributed by atoms with E-state index in [-0.39, 0.29) is 18.8 Å². The van der Waals surface area contributed by atoms with Crippen molar-refractivity contribution in [3.05, 3.63) is 0 Å². The molecular formula is C7H13ClO4. The predicted molar refractivity (Wildman–Crippen MR) is 44.2 cm³/mol. The molecule has 0 heterocycles. The van der Waals surface area contributed by atoms with E-state index in [1.54, 1.807) is 0 Å². The zero-order valence-corrected chi connectivity index (χ0v) is 7.97. The summed E-state index contributed by atoms with van der Waals surface area (Å²) >= 11 is 5.11. The minimum Gasteiger partial charge on any atom is -0.432 e. The second-order valence-electron chi connectivity index (χ2n) is 2.27. The lowest BCUT2D eigenvalue weighted by Gasteiger charge is -2.07. The lowest BCUT2D eigenvalue weighted by Crippen LogP contribution is -2.13. The molecule has 0 aliphatic rings. The molecule has 0 saturated heterocycles. The van der Waals surface area contributed by atoms with Crippen LogP contribution in [0.2, 0.25) is 0 Å². The fourth-order valence-corrected chi connectivity index (χ4v) is 0.584. The molecule has 12 heavy (non-hydrogen) atoms. The van der Waals surface area contributed by atoms with Gasteiger partial charge in [0.2, 0.25) is 0 Å². The van der Waals surface area contributed by atoms with Gasteiger partial charge in [-0.05, 0) is 13.8 Å². The van der Waals surface area contributed by atoms with Gasteiger partial charge < -0.3 is 14.2 Å². The van der Waals surface area contributed by atoms with E-state index in [0.29, 0.717) is 6.61 Å². The van der Waals surface area contributed by atoms with Gasteiger partial charge in [-0.15, -0.1) is 0 Å². The summed E-state index contributed by atoms with van der Waals surface area (Å²) in [7, 11) is 0. The van der Waals surface area contributed by atoms with Crippen LogP contribution in [0.1, 0.15) is 13.8 Å². The van der Waals surface area contributed by atoms with E-state index < -0.39 is 6.16 Å². The van der Waals surface area contributed by atoms with E-state index in [4.69, 9.17) is 16.3 Å². The molecule has 0 saturated carbocycles. The van der Waals surface area contributed by atoms with Crippen molar-refractivity contribution in [3.8, 4) is 0 Å². The Bertz CT molecular complexity index is 127. The number of ether oxygens (including phenoxy) is 3. The average Bonchev–Trinajstić information content (AvgIpc) is 1.98. The first kappa shape index (κ1) is 11.5. The molecule has 5 heteroatoms. The molecule has 0 spiro atoms. The third-order valence-corrected chi connectivity index (χ3v) is 1.04. The van der Waals surface area contributed by atoms with Crippen LogP contribution in [0.5, 0.6) is 0 Å². The maximum absolute atomic E-state index is 10.5. The zero-order chi connectivity index (χ0) is 9.40. The molecule has 72 valence electrons. The van der Waals surface area contributed by atoms with E-state index in [9.17, 15) is 4.79 Å². The quantitative estimate of drug-likeness (QED) is 0.382. The Morgan fingerprint density at radius 2 is 2.00 bits per heavy atom. The lowest BCUT2D eigenvalue weighted by atomic mass is 10.5. The first-order valence-electron chi connectivity index (χ1n) is 3.64. The molecule has 0 aromatic carbocycles. The standard InChI is InChI=1S/C7H13ClO4/c1-6(2)10-3-4-11-7(9)12-5-8/h6H,3-5H2,1-2H3. The second kappa shape index (κ2) is 7.18. The van der Waals surface area contributed by atoms with Crippen molar-refractivity contribution in [2.45, 2.75) is 20.0 Å². The molecular weight excluding hydrogens is 184 g/mol. The highest BCUT2D eigenvalue weighted by atomic mass is 35.5. The molecule has 0 N–H and O–H groups in total. The third-order valence-electron chi connectivity index (χ3n) is 0.927. The number of rotatable bonds is 5. The highest BCUT2D eigenvalue weighted by molar-refractivity contribution is 6.17. The van der Waals surface area contributed by atoms with Crippen LogP contribution < -0.4 is 0 Å².